The fourth-order valence-electron chi connectivity index (χ4n) is 4.50. The predicted molar refractivity (Wildman–Crippen MR) is 132 cm³/mol. The highest BCUT2D eigenvalue weighted by Crippen LogP contribution is 2.31. The Hall–Kier alpha value is -1.71. The number of sulfonamides is 1. The van der Waals surface area contributed by atoms with Crippen molar-refractivity contribution in [1.29, 1.82) is 0 Å². The van der Waals surface area contributed by atoms with Gasteiger partial charge in [-0.2, -0.15) is 4.31 Å². The average Bonchev–Trinajstić information content (AvgIpc) is 2.72. The number of carbonyl (C=O) groups is 1. The molecule has 8 nitrogen and oxygen atoms in total. The summed E-state index contributed by atoms with van der Waals surface area (Å²) >= 11 is 5.84. The first-order valence-electron chi connectivity index (χ1n) is 11.0. The van der Waals surface area contributed by atoms with E-state index in [9.17, 15) is 23.3 Å². The van der Waals surface area contributed by atoms with Gasteiger partial charge in [0.25, 0.3) is 5.69 Å². The second kappa shape index (κ2) is 13.2. The van der Waals surface area contributed by atoms with Gasteiger partial charge in [-0.1, -0.05) is 65.0 Å². The lowest BCUT2D eigenvalue weighted by Gasteiger charge is -2.35. The van der Waals surface area contributed by atoms with E-state index in [-0.39, 0.29) is 49.2 Å². The van der Waals surface area contributed by atoms with Gasteiger partial charge in [-0.05, 0) is 37.8 Å². The Kier molecular flexibility index (Phi) is 11.8. The molecule has 1 saturated heterocycles. The molecule has 1 aliphatic heterocycles. The Morgan fingerprint density at radius 3 is 2.30 bits per heavy atom. The van der Waals surface area contributed by atoms with Crippen LogP contribution in [0.1, 0.15) is 79.1 Å². The Labute approximate surface area is 203 Å². The molecule has 1 aromatic carbocycles. The zero-order valence-electron chi connectivity index (χ0n) is 17.6. The molecule has 2 aliphatic rings. The summed E-state index contributed by atoms with van der Waals surface area (Å²) in [6, 6.07) is 3.17. The first kappa shape index (κ1) is 29.3. The molecule has 1 heterocycles. The number of amides is 1. The molecule has 1 amide bonds. The van der Waals surface area contributed by atoms with E-state index in [4.69, 9.17) is 11.6 Å². The maximum Gasteiger partial charge on any atom is 0.289 e. The van der Waals surface area contributed by atoms with E-state index in [1.165, 1.54) is 22.9 Å². The van der Waals surface area contributed by atoms with Gasteiger partial charge in [0, 0.05) is 31.1 Å². The third-order valence-electron chi connectivity index (χ3n) is 6.28. The molecule has 0 aromatic heterocycles. The Bertz CT molecular complexity index is 901. The lowest BCUT2D eigenvalue weighted by atomic mass is 9.90. The van der Waals surface area contributed by atoms with E-state index in [0.29, 0.717) is 19.4 Å². The van der Waals surface area contributed by atoms with E-state index in [0.717, 1.165) is 51.0 Å². The Morgan fingerprint density at radius 2 is 1.67 bits per heavy atom. The summed E-state index contributed by atoms with van der Waals surface area (Å²) in [5.41, 5.74) is -0.436. The summed E-state index contributed by atoms with van der Waals surface area (Å²) in [6.07, 6.45) is 9.64. The lowest BCUT2D eigenvalue weighted by Crippen LogP contribution is -2.50. The van der Waals surface area contributed by atoms with Crippen LogP contribution >= 0.6 is 11.6 Å². The fraction of sp³-hybridized carbons (Fsp3) is 0.696. The van der Waals surface area contributed by atoms with Crippen molar-refractivity contribution < 1.29 is 18.1 Å². The number of rotatable bonds is 6. The standard InChI is InChI=1S/C21H30ClN3O5S.2CH4/c22-19-12-11-18(14-20(19)25(27)28)31(29,30)24-13-7-6-10-17(24)15-23-21(26)16-8-4-2-1-3-5-9-16;;/h11-12,14,16-17H,1-10,13,15H2,(H,23,26);2*1H4. The number of hydrogen-bond acceptors (Lipinski definition) is 5. The molecule has 1 aromatic rings. The van der Waals surface area contributed by atoms with Gasteiger partial charge in [0.2, 0.25) is 15.9 Å². The van der Waals surface area contributed by atoms with Crippen LogP contribution in [0.3, 0.4) is 0 Å². The van der Waals surface area contributed by atoms with E-state index in [1.807, 2.05) is 0 Å². The summed E-state index contributed by atoms with van der Waals surface area (Å²) in [5, 5.41) is 14.1. The van der Waals surface area contributed by atoms with Gasteiger partial charge in [0.15, 0.2) is 0 Å². The SMILES string of the molecule is C.C.O=C(NCC1CCCCN1S(=O)(=O)c1ccc(Cl)c([N+](=O)[O-])c1)C1CCCCCCC1. The molecule has 1 unspecified atom stereocenters. The maximum absolute atomic E-state index is 13.3. The molecular weight excluding hydrogens is 466 g/mol. The third-order valence-corrected chi connectivity index (χ3v) is 8.55. The molecule has 1 N–H and O–H groups in total. The van der Waals surface area contributed by atoms with Crippen LogP contribution in [0.25, 0.3) is 0 Å². The summed E-state index contributed by atoms with van der Waals surface area (Å²) in [7, 11) is -3.95. The molecule has 1 atom stereocenters. The molecule has 33 heavy (non-hydrogen) atoms. The van der Waals surface area contributed by atoms with Crippen molar-refractivity contribution in [2.75, 3.05) is 13.1 Å². The minimum absolute atomic E-state index is 0. The van der Waals surface area contributed by atoms with E-state index in [2.05, 4.69) is 5.32 Å². The summed E-state index contributed by atoms with van der Waals surface area (Å²) in [4.78, 5) is 23.1. The average molecular weight is 504 g/mol. The monoisotopic (exact) mass is 503 g/mol. The highest BCUT2D eigenvalue weighted by Gasteiger charge is 2.35. The first-order chi connectivity index (χ1) is 14.8. The minimum atomic E-state index is -3.95. The van der Waals surface area contributed by atoms with Gasteiger partial charge < -0.3 is 5.32 Å². The molecule has 0 radical (unpaired) electrons. The number of halogens is 1. The van der Waals surface area contributed by atoms with Crippen LogP contribution in [0.4, 0.5) is 5.69 Å². The van der Waals surface area contributed by atoms with Gasteiger partial charge >= 0.3 is 0 Å². The number of hydrogen-bond donors (Lipinski definition) is 1. The predicted octanol–water partition coefficient (Wildman–Crippen LogP) is 5.54. The largest absolute Gasteiger partial charge is 0.354 e. The third kappa shape index (κ3) is 7.39. The summed E-state index contributed by atoms with van der Waals surface area (Å²) in [6.45, 7) is 0.576. The van der Waals surface area contributed by atoms with Gasteiger partial charge in [-0.3, -0.25) is 14.9 Å². The molecule has 0 spiro atoms. The second-order valence-corrected chi connectivity index (χ2v) is 10.7. The van der Waals surface area contributed by atoms with Crippen LogP contribution in [0.2, 0.25) is 5.02 Å². The normalized spacial score (nSPS) is 20.5. The number of piperidine rings is 1. The smallest absolute Gasteiger partial charge is 0.289 e. The van der Waals surface area contributed by atoms with Crippen LogP contribution in [-0.4, -0.2) is 42.7 Å². The topological polar surface area (TPSA) is 110 Å². The highest BCUT2D eigenvalue weighted by molar-refractivity contribution is 7.89. The van der Waals surface area contributed by atoms with Crippen molar-refractivity contribution in [2.45, 2.75) is 90.0 Å². The van der Waals surface area contributed by atoms with Crippen molar-refractivity contribution in [3.05, 3.63) is 33.3 Å². The Balaban J connectivity index is 0.00000272. The van der Waals surface area contributed by atoms with Crippen LogP contribution < -0.4 is 5.32 Å². The number of carbonyl (C=O) groups excluding carboxylic acids is 1. The fourth-order valence-corrected chi connectivity index (χ4v) is 6.40. The molecule has 188 valence electrons. The molecule has 3 rings (SSSR count). The number of nitrogens with zero attached hydrogens (tertiary/aromatic N) is 2. The molecule has 0 bridgehead atoms. The van der Waals surface area contributed by atoms with E-state index >= 15 is 0 Å². The van der Waals surface area contributed by atoms with Gasteiger partial charge in [0.1, 0.15) is 5.02 Å². The molecule has 1 aliphatic carbocycles. The lowest BCUT2D eigenvalue weighted by molar-refractivity contribution is -0.384. The van der Waals surface area contributed by atoms with Crippen LogP contribution in [0.15, 0.2) is 23.1 Å². The van der Waals surface area contributed by atoms with Crippen molar-refractivity contribution in [1.82, 2.24) is 9.62 Å². The number of benzene rings is 1. The van der Waals surface area contributed by atoms with Gasteiger partial charge in [-0.15, -0.1) is 0 Å². The highest BCUT2D eigenvalue weighted by atomic mass is 35.5. The van der Waals surface area contributed by atoms with Crippen molar-refractivity contribution >= 4 is 33.2 Å². The molecule has 10 heteroatoms. The van der Waals surface area contributed by atoms with Crippen LogP contribution in [0, 0.1) is 16.0 Å². The Morgan fingerprint density at radius 1 is 1.06 bits per heavy atom. The van der Waals surface area contributed by atoms with Gasteiger partial charge in [0.05, 0.1) is 9.82 Å². The maximum atomic E-state index is 13.3. The minimum Gasteiger partial charge on any atom is -0.354 e. The molecule has 1 saturated carbocycles. The van der Waals surface area contributed by atoms with Gasteiger partial charge in [-0.25, -0.2) is 8.42 Å². The van der Waals surface area contributed by atoms with Crippen molar-refractivity contribution in [2.24, 2.45) is 5.92 Å². The van der Waals surface area contributed by atoms with E-state index < -0.39 is 20.6 Å². The second-order valence-electron chi connectivity index (χ2n) is 8.42. The van der Waals surface area contributed by atoms with Crippen LogP contribution in [0.5, 0.6) is 0 Å². The zero-order valence-corrected chi connectivity index (χ0v) is 19.2. The number of nitrogens with one attached hydrogen (secondary N) is 1. The van der Waals surface area contributed by atoms with Crippen molar-refractivity contribution in [3.8, 4) is 0 Å². The summed E-state index contributed by atoms with van der Waals surface area (Å²) in [5.74, 6) is -0.000172. The number of nitro benzene ring substituents is 1. The van der Waals surface area contributed by atoms with Crippen LogP contribution in [-0.2, 0) is 14.8 Å². The van der Waals surface area contributed by atoms with E-state index in [1.54, 1.807) is 0 Å². The number of nitro groups is 1. The first-order valence-corrected chi connectivity index (χ1v) is 12.9. The van der Waals surface area contributed by atoms with Crippen molar-refractivity contribution in [3.63, 3.8) is 0 Å². The zero-order chi connectivity index (χ0) is 22.4. The summed E-state index contributed by atoms with van der Waals surface area (Å²) < 4.78 is 27.9. The quantitative estimate of drug-likeness (QED) is 0.404. The molecular formula is C23H38ClN3O5S. The molecule has 2 fully saturated rings.